The van der Waals surface area contributed by atoms with Gasteiger partial charge in [0.1, 0.15) is 17.6 Å². The Morgan fingerprint density at radius 1 is 1.19 bits per heavy atom. The molecule has 1 fully saturated rings. The first-order valence-corrected chi connectivity index (χ1v) is 12.5. The molecule has 0 spiro atoms. The molecule has 1 atom stereocenters. The molecule has 0 bridgehead atoms. The Balaban J connectivity index is 1.82. The lowest BCUT2D eigenvalue weighted by atomic mass is 9.94. The zero-order chi connectivity index (χ0) is 25.7. The van der Waals surface area contributed by atoms with Crippen LogP contribution in [0.5, 0.6) is 0 Å². The van der Waals surface area contributed by atoms with Crippen LogP contribution in [0.2, 0.25) is 5.02 Å². The predicted octanol–water partition coefficient (Wildman–Crippen LogP) is 5.29. The van der Waals surface area contributed by atoms with Crippen molar-refractivity contribution < 1.29 is 23.5 Å². The average Bonchev–Trinajstić information content (AvgIpc) is 3.24. The second-order valence-electron chi connectivity index (χ2n) is 8.97. The van der Waals surface area contributed by atoms with Gasteiger partial charge in [0.25, 0.3) is 0 Å². The van der Waals surface area contributed by atoms with Gasteiger partial charge in [-0.3, -0.25) is 9.59 Å². The molecule has 1 aliphatic carbocycles. The summed E-state index contributed by atoms with van der Waals surface area (Å²) >= 11 is 6.19. The Bertz CT molecular complexity index is 1240. The molecule has 0 radical (unpaired) electrons. The summed E-state index contributed by atoms with van der Waals surface area (Å²) in [7, 11) is 0. The van der Waals surface area contributed by atoms with Gasteiger partial charge >= 0.3 is 5.97 Å². The largest absolute Gasteiger partial charge is 0.461 e. The standard InChI is InChI=1S/C27H29ClFN3O4/c1-2-36-27(35)24-23(21-13-10-18(28)14-22(21)31-24)25(26(34)30-20-6-4-3-5-7-20)32(16-33)15-17-8-11-19(29)12-9-17/h8-14,16,20,25,31H,2-7,15H2,1H3,(H,30,34). The number of H-pyrrole nitrogens is 1. The Kier molecular flexibility index (Phi) is 8.25. The van der Waals surface area contributed by atoms with E-state index in [2.05, 4.69) is 10.3 Å². The number of rotatable bonds is 9. The van der Waals surface area contributed by atoms with Crippen molar-refractivity contribution in [1.82, 2.24) is 15.2 Å². The molecule has 2 aromatic carbocycles. The highest BCUT2D eigenvalue weighted by atomic mass is 35.5. The Hall–Kier alpha value is -3.39. The van der Waals surface area contributed by atoms with Crippen molar-refractivity contribution in [2.45, 2.75) is 57.7 Å². The van der Waals surface area contributed by atoms with Crippen LogP contribution < -0.4 is 5.32 Å². The van der Waals surface area contributed by atoms with Gasteiger partial charge in [0.15, 0.2) is 0 Å². The van der Waals surface area contributed by atoms with Crippen molar-refractivity contribution in [3.8, 4) is 0 Å². The van der Waals surface area contributed by atoms with E-state index < -0.39 is 23.7 Å². The van der Waals surface area contributed by atoms with Gasteiger partial charge in [0.2, 0.25) is 12.3 Å². The van der Waals surface area contributed by atoms with Crippen molar-refractivity contribution in [1.29, 1.82) is 0 Å². The van der Waals surface area contributed by atoms with E-state index in [4.69, 9.17) is 16.3 Å². The molecular weight excluding hydrogens is 485 g/mol. The van der Waals surface area contributed by atoms with Gasteiger partial charge in [-0.1, -0.05) is 49.1 Å². The molecule has 1 unspecified atom stereocenters. The summed E-state index contributed by atoms with van der Waals surface area (Å²) in [4.78, 5) is 43.6. The molecule has 36 heavy (non-hydrogen) atoms. The van der Waals surface area contributed by atoms with Crippen LogP contribution in [0.4, 0.5) is 4.39 Å². The summed E-state index contributed by atoms with van der Waals surface area (Å²) in [5, 5.41) is 4.13. The molecule has 0 saturated heterocycles. The van der Waals surface area contributed by atoms with E-state index in [9.17, 15) is 18.8 Å². The van der Waals surface area contributed by atoms with Gasteiger partial charge in [0, 0.05) is 34.1 Å². The Morgan fingerprint density at radius 2 is 1.92 bits per heavy atom. The number of aromatic amines is 1. The SMILES string of the molecule is CCOC(=O)c1[nH]c2cc(Cl)ccc2c1C(C(=O)NC1CCCCC1)N(C=O)Cc1ccc(F)cc1. The number of nitrogens with one attached hydrogen (secondary N) is 2. The number of ether oxygens (including phenoxy) is 1. The van der Waals surface area contributed by atoms with Gasteiger partial charge in [-0.2, -0.15) is 0 Å². The zero-order valence-electron chi connectivity index (χ0n) is 20.1. The van der Waals surface area contributed by atoms with Gasteiger partial charge in [0.05, 0.1) is 6.61 Å². The van der Waals surface area contributed by atoms with Crippen LogP contribution in [-0.2, 0) is 20.9 Å². The van der Waals surface area contributed by atoms with Crippen LogP contribution in [0, 0.1) is 5.82 Å². The number of benzene rings is 2. The fraction of sp³-hybridized carbons (Fsp3) is 0.370. The first kappa shape index (κ1) is 25.7. The second-order valence-corrected chi connectivity index (χ2v) is 9.41. The average molecular weight is 514 g/mol. The number of halogens is 2. The number of nitrogens with zero attached hydrogens (tertiary/aromatic N) is 1. The van der Waals surface area contributed by atoms with Crippen LogP contribution in [0.3, 0.4) is 0 Å². The maximum Gasteiger partial charge on any atom is 0.355 e. The van der Waals surface area contributed by atoms with E-state index in [1.54, 1.807) is 37.3 Å². The summed E-state index contributed by atoms with van der Waals surface area (Å²) in [5.74, 6) is -1.43. The van der Waals surface area contributed by atoms with Gasteiger partial charge in [-0.05, 0) is 49.6 Å². The third kappa shape index (κ3) is 5.70. The van der Waals surface area contributed by atoms with Gasteiger partial charge in [-0.25, -0.2) is 9.18 Å². The molecule has 2 N–H and O–H groups in total. The number of hydrogen-bond donors (Lipinski definition) is 2. The molecule has 1 saturated carbocycles. The van der Waals surface area contributed by atoms with Gasteiger partial charge < -0.3 is 19.9 Å². The minimum absolute atomic E-state index is 0.0150. The van der Waals surface area contributed by atoms with Crippen LogP contribution >= 0.6 is 11.6 Å². The number of carbonyl (C=O) groups is 3. The smallest absolute Gasteiger partial charge is 0.355 e. The Morgan fingerprint density at radius 3 is 2.58 bits per heavy atom. The second kappa shape index (κ2) is 11.6. The third-order valence-electron chi connectivity index (χ3n) is 6.50. The van der Waals surface area contributed by atoms with Crippen molar-refractivity contribution in [3.63, 3.8) is 0 Å². The van der Waals surface area contributed by atoms with E-state index >= 15 is 0 Å². The first-order chi connectivity index (χ1) is 17.4. The number of fused-ring (bicyclic) bond motifs is 1. The summed E-state index contributed by atoms with van der Waals surface area (Å²) in [6.07, 6.45) is 5.44. The van der Waals surface area contributed by atoms with Crippen molar-refractivity contribution in [3.05, 3.63) is 70.1 Å². The summed E-state index contributed by atoms with van der Waals surface area (Å²) in [6.45, 7) is 1.87. The molecule has 9 heteroatoms. The summed E-state index contributed by atoms with van der Waals surface area (Å²) in [6, 6.07) is 9.60. The zero-order valence-corrected chi connectivity index (χ0v) is 20.8. The fourth-order valence-corrected chi connectivity index (χ4v) is 4.98. The number of esters is 1. The maximum absolute atomic E-state index is 13.8. The lowest BCUT2D eigenvalue weighted by Gasteiger charge is -2.31. The third-order valence-corrected chi connectivity index (χ3v) is 6.73. The number of aromatic nitrogens is 1. The summed E-state index contributed by atoms with van der Waals surface area (Å²) < 4.78 is 18.8. The van der Waals surface area contributed by atoms with Crippen molar-refractivity contribution in [2.75, 3.05) is 6.61 Å². The predicted molar refractivity (Wildman–Crippen MR) is 135 cm³/mol. The highest BCUT2D eigenvalue weighted by molar-refractivity contribution is 6.31. The molecule has 1 aromatic heterocycles. The Labute approximate surface area is 213 Å². The first-order valence-electron chi connectivity index (χ1n) is 12.1. The molecule has 190 valence electrons. The molecule has 1 aliphatic rings. The highest BCUT2D eigenvalue weighted by Crippen LogP contribution is 2.35. The lowest BCUT2D eigenvalue weighted by molar-refractivity contribution is -0.134. The van der Waals surface area contributed by atoms with Gasteiger partial charge in [-0.15, -0.1) is 0 Å². The van der Waals surface area contributed by atoms with Crippen LogP contribution in [0.15, 0.2) is 42.5 Å². The molecule has 7 nitrogen and oxygen atoms in total. The quantitative estimate of drug-likeness (QED) is 0.300. The van der Waals surface area contributed by atoms with Crippen molar-refractivity contribution in [2.24, 2.45) is 0 Å². The normalized spacial score (nSPS) is 14.9. The molecular formula is C27H29ClFN3O4. The van der Waals surface area contributed by atoms with E-state index in [1.807, 2.05) is 0 Å². The summed E-state index contributed by atoms with van der Waals surface area (Å²) in [5.41, 5.74) is 1.61. The minimum atomic E-state index is -1.14. The highest BCUT2D eigenvalue weighted by Gasteiger charge is 2.35. The molecule has 4 rings (SSSR count). The van der Waals surface area contributed by atoms with Crippen LogP contribution in [0.25, 0.3) is 10.9 Å². The van der Waals surface area contributed by atoms with Crippen LogP contribution in [0.1, 0.15) is 66.7 Å². The number of carbonyl (C=O) groups excluding carboxylic acids is 3. The minimum Gasteiger partial charge on any atom is -0.461 e. The maximum atomic E-state index is 13.8. The number of hydrogen-bond acceptors (Lipinski definition) is 4. The fourth-order valence-electron chi connectivity index (χ4n) is 4.80. The van der Waals surface area contributed by atoms with E-state index in [0.717, 1.165) is 32.1 Å². The van der Waals surface area contributed by atoms with Crippen molar-refractivity contribution >= 4 is 40.8 Å². The molecule has 3 aromatic rings. The monoisotopic (exact) mass is 513 g/mol. The van der Waals surface area contributed by atoms with Crippen LogP contribution in [-0.4, -0.2) is 40.8 Å². The van der Waals surface area contributed by atoms with E-state index in [1.165, 1.54) is 17.0 Å². The molecule has 2 amide bonds. The molecule has 0 aliphatic heterocycles. The topological polar surface area (TPSA) is 91.5 Å². The van der Waals surface area contributed by atoms with E-state index in [-0.39, 0.29) is 24.9 Å². The van der Waals surface area contributed by atoms with E-state index in [0.29, 0.717) is 33.5 Å². The number of amides is 2. The molecule has 1 heterocycles. The lowest BCUT2D eigenvalue weighted by Crippen LogP contribution is -2.45.